The van der Waals surface area contributed by atoms with Crippen LogP contribution < -0.4 is 0 Å². The number of aliphatic hydroxyl groups is 1. The summed E-state index contributed by atoms with van der Waals surface area (Å²) in [6, 6.07) is 0. The van der Waals surface area contributed by atoms with Crippen molar-refractivity contribution in [1.29, 1.82) is 0 Å². The lowest BCUT2D eigenvalue weighted by atomic mass is 10.0. The molecule has 5 nitrogen and oxygen atoms in total. The lowest BCUT2D eigenvalue weighted by molar-refractivity contribution is -0.136. The molecule has 0 aliphatic heterocycles. The number of aliphatic hydroxyl groups excluding tert-OH is 1. The van der Waals surface area contributed by atoms with E-state index in [-0.39, 0.29) is 17.8 Å². The van der Waals surface area contributed by atoms with Gasteiger partial charge in [-0.1, -0.05) is 31.9 Å². The molecule has 0 heterocycles. The lowest BCUT2D eigenvalue weighted by Gasteiger charge is -2.02. The van der Waals surface area contributed by atoms with Gasteiger partial charge in [0.15, 0.2) is 0 Å². The van der Waals surface area contributed by atoms with E-state index >= 15 is 0 Å². The first-order valence-corrected chi connectivity index (χ1v) is 5.97. The van der Waals surface area contributed by atoms with E-state index in [1.807, 2.05) is 0 Å². The number of hydrogen-bond donors (Lipinski definition) is 3. The molecule has 5 heteroatoms. The zero-order valence-corrected chi connectivity index (χ0v) is 10.4. The van der Waals surface area contributed by atoms with Gasteiger partial charge < -0.3 is 15.3 Å². The van der Waals surface area contributed by atoms with Gasteiger partial charge in [0, 0.05) is 6.61 Å². The molecule has 0 rings (SSSR count). The quantitative estimate of drug-likeness (QED) is 0.315. The fraction of sp³-hybridized carbons (Fsp3) is 0.538. The maximum Gasteiger partial charge on any atom is 0.336 e. The maximum absolute atomic E-state index is 10.8. The van der Waals surface area contributed by atoms with E-state index in [2.05, 4.69) is 6.58 Å². The minimum Gasteiger partial charge on any atom is -0.478 e. The average Bonchev–Trinajstić information content (AvgIpc) is 2.31. The molecule has 102 valence electrons. The summed E-state index contributed by atoms with van der Waals surface area (Å²) in [6.45, 7) is 3.43. The van der Waals surface area contributed by atoms with Gasteiger partial charge >= 0.3 is 11.9 Å². The predicted octanol–water partition coefficient (Wildman–Crippen LogP) is 1.97. The molecule has 0 saturated carbocycles. The normalized spacial score (nSPS) is 11.3. The molecule has 3 N–H and O–H groups in total. The molecule has 0 aliphatic rings. The highest BCUT2D eigenvalue weighted by atomic mass is 16.4. The van der Waals surface area contributed by atoms with E-state index in [0.717, 1.165) is 32.1 Å². The molecule has 0 amide bonds. The summed E-state index contributed by atoms with van der Waals surface area (Å²) in [5.74, 6) is -2.57. The molecular formula is C13H20O5. The number of aliphatic carboxylic acids is 2. The first-order chi connectivity index (χ1) is 8.50. The molecule has 0 spiro atoms. The number of hydrogen-bond acceptors (Lipinski definition) is 3. The summed E-state index contributed by atoms with van der Waals surface area (Å²) < 4.78 is 0. The van der Waals surface area contributed by atoms with Crippen molar-refractivity contribution in [2.24, 2.45) is 0 Å². The number of allylic oxidation sites excluding steroid dienone is 1. The molecule has 18 heavy (non-hydrogen) atoms. The van der Waals surface area contributed by atoms with Gasteiger partial charge in [-0.2, -0.15) is 0 Å². The van der Waals surface area contributed by atoms with Crippen molar-refractivity contribution in [1.82, 2.24) is 0 Å². The Bertz CT molecular complexity index is 330. The van der Waals surface area contributed by atoms with Crippen LogP contribution in [0.15, 0.2) is 23.8 Å². The van der Waals surface area contributed by atoms with Crippen molar-refractivity contribution in [3.8, 4) is 0 Å². The van der Waals surface area contributed by atoms with Crippen LogP contribution in [-0.4, -0.2) is 33.9 Å². The Morgan fingerprint density at radius 1 is 0.944 bits per heavy atom. The Hall–Kier alpha value is -1.62. The summed E-state index contributed by atoms with van der Waals surface area (Å²) in [5, 5.41) is 26.1. The number of unbranched alkanes of at least 4 members (excludes halogenated alkanes) is 5. The van der Waals surface area contributed by atoms with Gasteiger partial charge in [0.25, 0.3) is 0 Å². The van der Waals surface area contributed by atoms with Gasteiger partial charge in [-0.05, 0) is 19.3 Å². The summed E-state index contributed by atoms with van der Waals surface area (Å²) in [5.41, 5.74) is -0.624. The fourth-order valence-electron chi connectivity index (χ4n) is 1.49. The van der Waals surface area contributed by atoms with Gasteiger partial charge in [0.1, 0.15) is 0 Å². The van der Waals surface area contributed by atoms with E-state index in [0.29, 0.717) is 6.42 Å². The molecule has 0 atom stereocenters. The zero-order chi connectivity index (χ0) is 14.0. The van der Waals surface area contributed by atoms with Crippen LogP contribution in [-0.2, 0) is 9.59 Å². The fourth-order valence-corrected chi connectivity index (χ4v) is 1.49. The third-order valence-electron chi connectivity index (χ3n) is 2.52. The van der Waals surface area contributed by atoms with Crippen LogP contribution in [0.3, 0.4) is 0 Å². The second-order valence-electron chi connectivity index (χ2n) is 3.99. The third-order valence-corrected chi connectivity index (χ3v) is 2.52. The zero-order valence-electron chi connectivity index (χ0n) is 10.4. The highest BCUT2D eigenvalue weighted by Crippen LogP contribution is 2.12. The van der Waals surface area contributed by atoms with E-state index in [9.17, 15) is 9.59 Å². The first kappa shape index (κ1) is 16.4. The van der Waals surface area contributed by atoms with Crippen LogP contribution in [0.1, 0.15) is 38.5 Å². The van der Waals surface area contributed by atoms with Crippen molar-refractivity contribution in [3.05, 3.63) is 23.8 Å². The number of rotatable bonds is 10. The van der Waals surface area contributed by atoms with E-state index in [1.54, 1.807) is 0 Å². The molecule has 0 aliphatic carbocycles. The Morgan fingerprint density at radius 3 is 2.00 bits per heavy atom. The Balaban J connectivity index is 4.07. The van der Waals surface area contributed by atoms with Gasteiger partial charge in [-0.25, -0.2) is 9.59 Å². The minimum absolute atomic E-state index is 0.196. The van der Waals surface area contributed by atoms with Gasteiger partial charge in [-0.15, -0.1) is 0 Å². The van der Waals surface area contributed by atoms with Gasteiger partial charge in [-0.3, -0.25) is 0 Å². The van der Waals surface area contributed by atoms with Crippen LogP contribution in [0, 0.1) is 0 Å². The molecular weight excluding hydrogens is 236 g/mol. The maximum atomic E-state index is 10.8. The largest absolute Gasteiger partial charge is 0.478 e. The second-order valence-corrected chi connectivity index (χ2v) is 3.99. The number of carbonyl (C=O) groups is 2. The standard InChI is InChI=1S/C13H20O5/c1-10(12(15)16)11(13(17)18)8-6-4-2-3-5-7-9-14/h8,14H,1-7,9H2,(H,15,16)(H,17,18)/b11-8+. The van der Waals surface area contributed by atoms with Crippen molar-refractivity contribution >= 4 is 11.9 Å². The van der Waals surface area contributed by atoms with Gasteiger partial charge in [0.2, 0.25) is 0 Å². The summed E-state index contributed by atoms with van der Waals surface area (Å²) in [4.78, 5) is 21.5. The molecule has 0 unspecified atom stereocenters. The van der Waals surface area contributed by atoms with Crippen molar-refractivity contribution in [2.45, 2.75) is 38.5 Å². The molecule has 0 aromatic carbocycles. The third kappa shape index (κ3) is 6.85. The monoisotopic (exact) mass is 256 g/mol. The summed E-state index contributed by atoms with van der Waals surface area (Å²) in [7, 11) is 0. The Morgan fingerprint density at radius 2 is 1.50 bits per heavy atom. The molecule has 0 radical (unpaired) electrons. The van der Waals surface area contributed by atoms with E-state index in [1.165, 1.54) is 6.08 Å². The van der Waals surface area contributed by atoms with Crippen LogP contribution in [0.2, 0.25) is 0 Å². The average molecular weight is 256 g/mol. The number of carboxylic acids is 2. The van der Waals surface area contributed by atoms with E-state index in [4.69, 9.17) is 15.3 Å². The van der Waals surface area contributed by atoms with Crippen LogP contribution >= 0.6 is 0 Å². The number of carboxylic acid groups (broad SMARTS) is 2. The molecule has 0 aromatic heterocycles. The predicted molar refractivity (Wildman–Crippen MR) is 67.3 cm³/mol. The minimum atomic E-state index is -1.31. The van der Waals surface area contributed by atoms with Crippen molar-refractivity contribution < 1.29 is 24.9 Å². The Kier molecular flexibility index (Phi) is 8.57. The van der Waals surface area contributed by atoms with Crippen LogP contribution in [0.4, 0.5) is 0 Å². The molecule has 0 bridgehead atoms. The van der Waals surface area contributed by atoms with Crippen LogP contribution in [0.5, 0.6) is 0 Å². The highest BCUT2D eigenvalue weighted by molar-refractivity contribution is 6.04. The summed E-state index contributed by atoms with van der Waals surface area (Å²) in [6.07, 6.45) is 6.38. The first-order valence-electron chi connectivity index (χ1n) is 5.97. The second kappa shape index (κ2) is 9.41. The highest BCUT2D eigenvalue weighted by Gasteiger charge is 2.16. The van der Waals surface area contributed by atoms with Crippen molar-refractivity contribution in [2.75, 3.05) is 6.61 Å². The molecule has 0 aromatic rings. The topological polar surface area (TPSA) is 94.8 Å². The molecule has 0 saturated heterocycles. The van der Waals surface area contributed by atoms with Crippen LogP contribution in [0.25, 0.3) is 0 Å². The lowest BCUT2D eigenvalue weighted by Crippen LogP contribution is -2.10. The smallest absolute Gasteiger partial charge is 0.336 e. The van der Waals surface area contributed by atoms with Gasteiger partial charge in [0.05, 0.1) is 11.1 Å². The van der Waals surface area contributed by atoms with Crippen molar-refractivity contribution in [3.63, 3.8) is 0 Å². The van der Waals surface area contributed by atoms with E-state index < -0.39 is 11.9 Å². The SMILES string of the molecule is C=C(C(=O)O)/C(=C\CCCCCCCO)C(=O)O. The molecule has 0 fully saturated rings. The summed E-state index contributed by atoms with van der Waals surface area (Å²) >= 11 is 0. The Labute approximate surface area is 106 Å².